The van der Waals surface area contributed by atoms with Crippen LogP contribution in [0.2, 0.25) is 0 Å². The fourth-order valence-corrected chi connectivity index (χ4v) is 1.98. The number of likely N-dealkylation sites (N-methyl/N-ethyl adjacent to an activating group) is 1. The smallest absolute Gasteiger partial charge is 0.242 e. The number of carbonyl (C=O) groups excluding carboxylic acids is 1. The van der Waals surface area contributed by atoms with Gasteiger partial charge in [-0.15, -0.1) is 0 Å². The van der Waals surface area contributed by atoms with Crippen LogP contribution in [0.5, 0.6) is 0 Å². The molecule has 7 heteroatoms. The first-order chi connectivity index (χ1) is 9.22. The van der Waals surface area contributed by atoms with Crippen LogP contribution >= 0.6 is 0 Å². The first-order valence-electron chi connectivity index (χ1n) is 6.13. The van der Waals surface area contributed by atoms with Gasteiger partial charge in [-0.25, -0.2) is 9.97 Å². The first kappa shape index (κ1) is 13.2. The molecule has 1 amide bonds. The van der Waals surface area contributed by atoms with Crippen LogP contribution in [0, 0.1) is 11.3 Å². The lowest BCUT2D eigenvalue weighted by molar-refractivity contribution is -0.130. The Kier molecular flexibility index (Phi) is 4.26. The zero-order chi connectivity index (χ0) is 13.7. The van der Waals surface area contributed by atoms with Crippen molar-refractivity contribution >= 4 is 11.7 Å². The Morgan fingerprint density at radius 1 is 1.47 bits per heavy atom. The fourth-order valence-electron chi connectivity index (χ4n) is 1.98. The topological polar surface area (TPSA) is 85.2 Å². The van der Waals surface area contributed by atoms with Crippen LogP contribution in [-0.4, -0.2) is 60.5 Å². The van der Waals surface area contributed by atoms with Gasteiger partial charge < -0.3 is 15.1 Å². The Morgan fingerprint density at radius 3 is 2.84 bits per heavy atom. The molecule has 2 rings (SSSR count). The maximum Gasteiger partial charge on any atom is 0.242 e. The number of amides is 1. The van der Waals surface area contributed by atoms with Gasteiger partial charge in [0.2, 0.25) is 5.91 Å². The van der Waals surface area contributed by atoms with Gasteiger partial charge in [-0.1, -0.05) is 0 Å². The molecule has 7 nitrogen and oxygen atoms in total. The van der Waals surface area contributed by atoms with Gasteiger partial charge in [0.25, 0.3) is 0 Å². The van der Waals surface area contributed by atoms with E-state index in [0.29, 0.717) is 5.82 Å². The molecule has 0 unspecified atom stereocenters. The quantitative estimate of drug-likeness (QED) is 0.767. The molecule has 1 aromatic rings. The van der Waals surface area contributed by atoms with E-state index < -0.39 is 0 Å². The summed E-state index contributed by atoms with van der Waals surface area (Å²) in [5.41, 5.74) is 0.234. The van der Waals surface area contributed by atoms with E-state index in [1.807, 2.05) is 11.0 Å². The summed E-state index contributed by atoms with van der Waals surface area (Å²) in [6.45, 7) is 3.29. The van der Waals surface area contributed by atoms with Crippen LogP contribution in [0.3, 0.4) is 0 Å². The minimum absolute atomic E-state index is 0.0403. The number of nitrogens with zero attached hydrogens (tertiary/aromatic N) is 5. The third kappa shape index (κ3) is 3.17. The van der Waals surface area contributed by atoms with Crippen molar-refractivity contribution < 1.29 is 4.79 Å². The van der Waals surface area contributed by atoms with E-state index in [9.17, 15) is 4.79 Å². The number of nitrogens with one attached hydrogen (secondary N) is 1. The Balaban J connectivity index is 2.02. The van der Waals surface area contributed by atoms with E-state index in [4.69, 9.17) is 5.26 Å². The van der Waals surface area contributed by atoms with Crippen LogP contribution in [0.25, 0.3) is 0 Å². The van der Waals surface area contributed by atoms with Crippen LogP contribution in [0.4, 0.5) is 5.82 Å². The summed E-state index contributed by atoms with van der Waals surface area (Å²) in [6.07, 6.45) is 2.98. The minimum Gasteiger partial charge on any atom is -0.348 e. The molecule has 100 valence electrons. The molecule has 0 aromatic carbocycles. The highest BCUT2D eigenvalue weighted by molar-refractivity contribution is 5.81. The molecule has 0 saturated carbocycles. The van der Waals surface area contributed by atoms with Crippen molar-refractivity contribution in [2.45, 2.75) is 0 Å². The Bertz CT molecular complexity index is 491. The number of hydrogen-bond acceptors (Lipinski definition) is 6. The number of nitriles is 1. The van der Waals surface area contributed by atoms with Crippen LogP contribution in [0.1, 0.15) is 5.69 Å². The number of aromatic nitrogens is 2. The van der Waals surface area contributed by atoms with E-state index in [-0.39, 0.29) is 18.1 Å². The average molecular weight is 260 g/mol. The van der Waals surface area contributed by atoms with E-state index in [1.54, 1.807) is 11.9 Å². The van der Waals surface area contributed by atoms with E-state index >= 15 is 0 Å². The third-order valence-electron chi connectivity index (χ3n) is 2.99. The molecule has 1 N–H and O–H groups in total. The predicted octanol–water partition coefficient (Wildman–Crippen LogP) is -0.784. The van der Waals surface area contributed by atoms with Crippen molar-refractivity contribution in [3.63, 3.8) is 0 Å². The summed E-state index contributed by atoms with van der Waals surface area (Å²) in [4.78, 5) is 23.6. The van der Waals surface area contributed by atoms with Gasteiger partial charge in [0.15, 0.2) is 11.5 Å². The normalized spacial score (nSPS) is 14.8. The number of piperazine rings is 1. The summed E-state index contributed by atoms with van der Waals surface area (Å²) < 4.78 is 0. The summed E-state index contributed by atoms with van der Waals surface area (Å²) >= 11 is 0. The molecule has 2 heterocycles. The molecule has 0 spiro atoms. The number of anilines is 1. The monoisotopic (exact) mass is 260 g/mol. The lowest BCUT2D eigenvalue weighted by Crippen LogP contribution is -2.49. The molecule has 1 aliphatic rings. The highest BCUT2D eigenvalue weighted by atomic mass is 16.2. The van der Waals surface area contributed by atoms with Crippen LogP contribution < -0.4 is 10.2 Å². The number of rotatable bonds is 3. The third-order valence-corrected chi connectivity index (χ3v) is 2.99. The molecular weight excluding hydrogens is 244 g/mol. The van der Waals surface area contributed by atoms with Gasteiger partial charge in [-0.05, 0) is 0 Å². The highest BCUT2D eigenvalue weighted by Gasteiger charge is 2.19. The van der Waals surface area contributed by atoms with Crippen molar-refractivity contribution in [3.05, 3.63) is 18.1 Å². The standard InChI is InChI=1S/C12H16N6O/c1-17(12-10(8-13)15-2-3-16-12)9-11(19)18-6-4-14-5-7-18/h2-3,14H,4-7,9H2,1H3. The molecule has 0 radical (unpaired) electrons. The van der Waals surface area contributed by atoms with Crippen molar-refractivity contribution in [2.24, 2.45) is 0 Å². The van der Waals surface area contributed by atoms with Gasteiger partial charge >= 0.3 is 0 Å². The summed E-state index contributed by atoms with van der Waals surface area (Å²) in [5, 5.41) is 12.2. The largest absolute Gasteiger partial charge is 0.348 e. The van der Waals surface area contributed by atoms with Crippen molar-refractivity contribution in [1.29, 1.82) is 5.26 Å². The second-order valence-electron chi connectivity index (χ2n) is 4.33. The van der Waals surface area contributed by atoms with Gasteiger partial charge in [-0.3, -0.25) is 4.79 Å². The Morgan fingerprint density at radius 2 is 2.16 bits per heavy atom. The van der Waals surface area contributed by atoms with E-state index in [2.05, 4.69) is 15.3 Å². The van der Waals surface area contributed by atoms with Gasteiger partial charge in [0.05, 0.1) is 6.54 Å². The molecular formula is C12H16N6O. The van der Waals surface area contributed by atoms with Crippen molar-refractivity contribution in [2.75, 3.05) is 44.7 Å². The number of carbonyl (C=O) groups is 1. The SMILES string of the molecule is CN(CC(=O)N1CCNCC1)c1nccnc1C#N. The van der Waals surface area contributed by atoms with Crippen LogP contribution in [0.15, 0.2) is 12.4 Å². The zero-order valence-electron chi connectivity index (χ0n) is 10.8. The van der Waals surface area contributed by atoms with Gasteiger partial charge in [0.1, 0.15) is 6.07 Å². The van der Waals surface area contributed by atoms with Crippen molar-refractivity contribution in [3.8, 4) is 6.07 Å². The Labute approximate surface area is 111 Å². The Hall–Kier alpha value is -2.20. The molecule has 1 aliphatic heterocycles. The van der Waals surface area contributed by atoms with Gasteiger partial charge in [0, 0.05) is 45.6 Å². The highest BCUT2D eigenvalue weighted by Crippen LogP contribution is 2.12. The lowest BCUT2D eigenvalue weighted by Gasteiger charge is -2.29. The second-order valence-corrected chi connectivity index (χ2v) is 4.33. The zero-order valence-corrected chi connectivity index (χ0v) is 10.8. The molecule has 1 aromatic heterocycles. The maximum atomic E-state index is 12.1. The van der Waals surface area contributed by atoms with Crippen LogP contribution in [-0.2, 0) is 4.79 Å². The molecule has 19 heavy (non-hydrogen) atoms. The molecule has 0 aliphatic carbocycles. The van der Waals surface area contributed by atoms with E-state index in [1.165, 1.54) is 12.4 Å². The van der Waals surface area contributed by atoms with E-state index in [0.717, 1.165) is 26.2 Å². The minimum atomic E-state index is 0.0403. The molecule has 1 saturated heterocycles. The fraction of sp³-hybridized carbons (Fsp3) is 0.500. The molecule has 1 fully saturated rings. The molecule has 0 atom stereocenters. The predicted molar refractivity (Wildman–Crippen MR) is 69.5 cm³/mol. The summed E-state index contributed by atoms with van der Waals surface area (Å²) in [7, 11) is 1.74. The number of hydrogen-bond donors (Lipinski definition) is 1. The first-order valence-corrected chi connectivity index (χ1v) is 6.13. The molecule has 0 bridgehead atoms. The lowest BCUT2D eigenvalue weighted by atomic mass is 10.3. The maximum absolute atomic E-state index is 12.1. The average Bonchev–Trinajstić information content (AvgIpc) is 2.48. The summed E-state index contributed by atoms with van der Waals surface area (Å²) in [5.74, 6) is 0.479. The summed E-state index contributed by atoms with van der Waals surface area (Å²) in [6, 6.07) is 1.98. The second kappa shape index (κ2) is 6.11. The van der Waals surface area contributed by atoms with Gasteiger partial charge in [-0.2, -0.15) is 5.26 Å². The van der Waals surface area contributed by atoms with Crippen molar-refractivity contribution in [1.82, 2.24) is 20.2 Å².